The average molecular weight is 411 g/mol. The molecule has 0 bridgehead atoms. The summed E-state index contributed by atoms with van der Waals surface area (Å²) < 4.78 is 11.5. The summed E-state index contributed by atoms with van der Waals surface area (Å²) in [6.45, 7) is 1.15. The van der Waals surface area contributed by atoms with Gasteiger partial charge in [-0.05, 0) is 41.8 Å². The Morgan fingerprint density at radius 2 is 1.79 bits per heavy atom. The van der Waals surface area contributed by atoms with Gasteiger partial charge in [0, 0.05) is 34.2 Å². The minimum absolute atomic E-state index is 0.0127. The van der Waals surface area contributed by atoms with E-state index in [0.29, 0.717) is 35.2 Å². The molecule has 3 rings (SSSR count). The molecule has 0 radical (unpaired) electrons. The van der Waals surface area contributed by atoms with Crippen molar-refractivity contribution in [3.63, 3.8) is 0 Å². The molecule has 4 nitrogen and oxygen atoms in total. The van der Waals surface area contributed by atoms with Crippen molar-refractivity contribution in [1.82, 2.24) is 4.90 Å². The van der Waals surface area contributed by atoms with E-state index in [4.69, 9.17) is 21.1 Å². The molecule has 0 saturated carbocycles. The number of nitrogens with zero attached hydrogens (tertiary/aromatic N) is 1. The first-order valence-corrected chi connectivity index (χ1v) is 8.68. The number of ether oxygens (including phenoxy) is 2. The summed E-state index contributed by atoms with van der Waals surface area (Å²) >= 11 is 9.60. The highest BCUT2D eigenvalue weighted by atomic mass is 79.9. The molecule has 0 aliphatic carbocycles. The highest BCUT2D eigenvalue weighted by Crippen LogP contribution is 2.31. The number of carbonyl (C=O) groups is 1. The molecule has 2 aromatic carbocycles. The second kappa shape index (κ2) is 7.03. The Hall–Kier alpha value is -1.72. The third kappa shape index (κ3) is 3.37. The summed E-state index contributed by atoms with van der Waals surface area (Å²) in [5, 5.41) is 0.555. The van der Waals surface area contributed by atoms with Crippen molar-refractivity contribution in [2.45, 2.75) is 13.0 Å². The van der Waals surface area contributed by atoms with Gasteiger partial charge in [-0.3, -0.25) is 4.79 Å². The van der Waals surface area contributed by atoms with Crippen molar-refractivity contribution in [1.29, 1.82) is 0 Å². The summed E-state index contributed by atoms with van der Waals surface area (Å²) in [5.74, 6) is 1.40. The number of amides is 1. The van der Waals surface area contributed by atoms with Crippen LogP contribution in [0.5, 0.6) is 11.5 Å². The Kier molecular flexibility index (Phi) is 5.01. The maximum atomic E-state index is 12.8. The minimum Gasteiger partial charge on any atom is -0.497 e. The zero-order chi connectivity index (χ0) is 17.3. The van der Waals surface area contributed by atoms with Crippen LogP contribution in [0.15, 0.2) is 34.8 Å². The maximum absolute atomic E-state index is 12.8. The molecule has 0 unspecified atom stereocenters. The van der Waals surface area contributed by atoms with Crippen LogP contribution < -0.4 is 9.47 Å². The van der Waals surface area contributed by atoms with Crippen LogP contribution in [0.2, 0.25) is 5.02 Å². The molecule has 0 saturated heterocycles. The molecule has 24 heavy (non-hydrogen) atoms. The molecule has 1 amide bonds. The van der Waals surface area contributed by atoms with E-state index in [1.165, 1.54) is 0 Å². The molecule has 0 fully saturated rings. The van der Waals surface area contributed by atoms with Crippen LogP contribution in [0.25, 0.3) is 0 Å². The lowest BCUT2D eigenvalue weighted by Gasteiger charge is -2.29. The van der Waals surface area contributed by atoms with Gasteiger partial charge in [0.15, 0.2) is 0 Å². The van der Waals surface area contributed by atoms with Gasteiger partial charge in [-0.2, -0.15) is 0 Å². The summed E-state index contributed by atoms with van der Waals surface area (Å²) in [5.41, 5.74) is 2.64. The number of carbonyl (C=O) groups excluding carboxylic acids is 1. The lowest BCUT2D eigenvalue weighted by Crippen LogP contribution is -2.37. The van der Waals surface area contributed by atoms with E-state index in [-0.39, 0.29) is 5.91 Å². The minimum atomic E-state index is -0.0127. The molecule has 126 valence electrons. The summed E-state index contributed by atoms with van der Waals surface area (Å²) in [7, 11) is 3.22. The van der Waals surface area contributed by atoms with Crippen molar-refractivity contribution in [3.05, 3.63) is 56.5 Å². The first-order valence-electron chi connectivity index (χ1n) is 7.51. The van der Waals surface area contributed by atoms with Crippen molar-refractivity contribution >= 4 is 33.4 Å². The zero-order valence-electron chi connectivity index (χ0n) is 13.4. The highest BCUT2D eigenvalue weighted by Gasteiger charge is 2.26. The Balaban J connectivity index is 1.88. The van der Waals surface area contributed by atoms with Crippen molar-refractivity contribution < 1.29 is 14.3 Å². The van der Waals surface area contributed by atoms with Crippen LogP contribution in [0, 0.1) is 0 Å². The standard InChI is InChI=1S/C18H17BrClNO3/c1-23-13-5-11(6-14(9-13)24-2)10-21-4-3-15-16(18(21)22)7-12(20)8-17(15)19/h5-9H,3-4,10H2,1-2H3. The van der Waals surface area contributed by atoms with Gasteiger partial charge in [-0.1, -0.05) is 27.5 Å². The molecule has 0 atom stereocenters. The number of fused-ring (bicyclic) bond motifs is 1. The fourth-order valence-electron chi connectivity index (χ4n) is 2.90. The van der Waals surface area contributed by atoms with Crippen LogP contribution in [-0.4, -0.2) is 31.6 Å². The average Bonchev–Trinajstić information content (AvgIpc) is 2.57. The Bertz CT molecular complexity index is 772. The van der Waals surface area contributed by atoms with E-state index in [2.05, 4.69) is 15.9 Å². The predicted octanol–water partition coefficient (Wildman–Crippen LogP) is 4.32. The smallest absolute Gasteiger partial charge is 0.254 e. The number of methoxy groups -OCH3 is 2. The van der Waals surface area contributed by atoms with Gasteiger partial charge in [0.1, 0.15) is 11.5 Å². The van der Waals surface area contributed by atoms with Crippen LogP contribution in [-0.2, 0) is 13.0 Å². The van der Waals surface area contributed by atoms with E-state index >= 15 is 0 Å². The molecular weight excluding hydrogens is 394 g/mol. The van der Waals surface area contributed by atoms with E-state index in [1.807, 2.05) is 29.2 Å². The largest absolute Gasteiger partial charge is 0.497 e. The van der Waals surface area contributed by atoms with Crippen molar-refractivity contribution in [2.24, 2.45) is 0 Å². The summed E-state index contributed by atoms with van der Waals surface area (Å²) in [6.07, 6.45) is 0.792. The normalized spacial score (nSPS) is 13.7. The number of benzene rings is 2. The molecule has 6 heteroatoms. The third-order valence-corrected chi connectivity index (χ3v) is 5.02. The molecule has 1 heterocycles. The van der Waals surface area contributed by atoms with E-state index in [0.717, 1.165) is 22.0 Å². The van der Waals surface area contributed by atoms with Gasteiger partial charge in [-0.15, -0.1) is 0 Å². The zero-order valence-corrected chi connectivity index (χ0v) is 15.8. The van der Waals surface area contributed by atoms with E-state index in [1.54, 1.807) is 20.3 Å². The van der Waals surface area contributed by atoms with Gasteiger partial charge in [0.05, 0.1) is 14.2 Å². The van der Waals surface area contributed by atoms with Crippen molar-refractivity contribution in [3.8, 4) is 11.5 Å². The van der Waals surface area contributed by atoms with E-state index in [9.17, 15) is 4.79 Å². The first-order chi connectivity index (χ1) is 11.5. The van der Waals surface area contributed by atoms with Gasteiger partial charge in [0.25, 0.3) is 5.91 Å². The van der Waals surface area contributed by atoms with Crippen molar-refractivity contribution in [2.75, 3.05) is 20.8 Å². The van der Waals surface area contributed by atoms with Crippen LogP contribution in [0.3, 0.4) is 0 Å². The number of rotatable bonds is 4. The summed E-state index contributed by atoms with van der Waals surface area (Å²) in [4.78, 5) is 14.6. The van der Waals surface area contributed by atoms with Crippen LogP contribution in [0.1, 0.15) is 21.5 Å². The third-order valence-electron chi connectivity index (χ3n) is 4.09. The van der Waals surface area contributed by atoms with Crippen LogP contribution >= 0.6 is 27.5 Å². The van der Waals surface area contributed by atoms with Gasteiger partial charge < -0.3 is 14.4 Å². The maximum Gasteiger partial charge on any atom is 0.254 e. The SMILES string of the molecule is COc1cc(CN2CCc3c(Br)cc(Cl)cc3C2=O)cc(OC)c1. The Morgan fingerprint density at radius 3 is 2.42 bits per heavy atom. The topological polar surface area (TPSA) is 38.8 Å². The monoisotopic (exact) mass is 409 g/mol. The van der Waals surface area contributed by atoms with Gasteiger partial charge in [0.2, 0.25) is 0 Å². The van der Waals surface area contributed by atoms with Gasteiger partial charge >= 0.3 is 0 Å². The fourth-order valence-corrected chi connectivity index (χ4v) is 3.90. The molecule has 2 aromatic rings. The predicted molar refractivity (Wildman–Crippen MR) is 97.1 cm³/mol. The molecule has 1 aliphatic heterocycles. The lowest BCUT2D eigenvalue weighted by molar-refractivity contribution is 0.0726. The molecule has 1 aliphatic rings. The lowest BCUT2D eigenvalue weighted by atomic mass is 9.98. The second-order valence-electron chi connectivity index (χ2n) is 5.61. The second-order valence-corrected chi connectivity index (χ2v) is 6.90. The number of halogens is 2. The van der Waals surface area contributed by atoms with Gasteiger partial charge in [-0.25, -0.2) is 0 Å². The van der Waals surface area contributed by atoms with Crippen LogP contribution in [0.4, 0.5) is 0 Å². The highest BCUT2D eigenvalue weighted by molar-refractivity contribution is 9.10. The quantitative estimate of drug-likeness (QED) is 0.753. The molecular formula is C18H17BrClNO3. The molecule has 0 spiro atoms. The molecule has 0 N–H and O–H groups in total. The molecule has 0 aromatic heterocycles. The Labute approximate surface area is 154 Å². The number of hydrogen-bond acceptors (Lipinski definition) is 3. The summed E-state index contributed by atoms with van der Waals surface area (Å²) in [6, 6.07) is 9.21. The number of hydrogen-bond donors (Lipinski definition) is 0. The Morgan fingerprint density at radius 1 is 1.12 bits per heavy atom. The first kappa shape index (κ1) is 17.1. The van der Waals surface area contributed by atoms with E-state index < -0.39 is 0 Å². The fraction of sp³-hybridized carbons (Fsp3) is 0.278.